The highest BCUT2D eigenvalue weighted by molar-refractivity contribution is 5.92. The van der Waals surface area contributed by atoms with Crippen molar-refractivity contribution in [2.75, 3.05) is 11.1 Å². The van der Waals surface area contributed by atoms with E-state index in [1.165, 1.54) is 12.3 Å². The molecule has 0 saturated carbocycles. The second kappa shape index (κ2) is 5.48. The predicted molar refractivity (Wildman–Crippen MR) is 72.1 cm³/mol. The standard InChI is InChI=1S/C14H14FN3O/c1-9-6-11(16)8-17-14(9)18-13(19)7-10-4-2-3-5-12(10)15/h2-6,8H,7,16H2,1H3,(H,17,18,19). The normalized spacial score (nSPS) is 10.2. The van der Waals surface area contributed by atoms with Crippen LogP contribution in [-0.4, -0.2) is 10.9 Å². The summed E-state index contributed by atoms with van der Waals surface area (Å²) in [6, 6.07) is 7.90. The van der Waals surface area contributed by atoms with Gasteiger partial charge in [0.1, 0.15) is 11.6 Å². The van der Waals surface area contributed by atoms with Crippen molar-refractivity contribution >= 4 is 17.4 Å². The number of rotatable bonds is 3. The summed E-state index contributed by atoms with van der Waals surface area (Å²) in [5.74, 6) is -0.263. The Balaban J connectivity index is 2.08. The molecule has 0 aliphatic rings. The third kappa shape index (κ3) is 3.28. The van der Waals surface area contributed by atoms with Crippen molar-refractivity contribution in [1.29, 1.82) is 0 Å². The Bertz CT molecular complexity index is 613. The Hall–Kier alpha value is -2.43. The summed E-state index contributed by atoms with van der Waals surface area (Å²) < 4.78 is 13.4. The van der Waals surface area contributed by atoms with E-state index < -0.39 is 0 Å². The van der Waals surface area contributed by atoms with E-state index in [9.17, 15) is 9.18 Å². The van der Waals surface area contributed by atoms with Crippen LogP contribution in [-0.2, 0) is 11.2 Å². The Morgan fingerprint density at radius 3 is 2.84 bits per heavy atom. The number of aryl methyl sites for hydroxylation is 1. The molecule has 0 aliphatic heterocycles. The quantitative estimate of drug-likeness (QED) is 0.888. The fourth-order valence-corrected chi connectivity index (χ4v) is 1.72. The molecule has 0 unspecified atom stereocenters. The highest BCUT2D eigenvalue weighted by Gasteiger charge is 2.09. The average molecular weight is 259 g/mol. The molecule has 0 fully saturated rings. The molecule has 4 nitrogen and oxygen atoms in total. The van der Waals surface area contributed by atoms with Gasteiger partial charge in [-0.15, -0.1) is 0 Å². The topological polar surface area (TPSA) is 68.0 Å². The van der Waals surface area contributed by atoms with Crippen LogP contribution in [0.25, 0.3) is 0 Å². The fraction of sp³-hybridized carbons (Fsp3) is 0.143. The number of nitrogen functional groups attached to an aromatic ring is 1. The zero-order valence-electron chi connectivity index (χ0n) is 10.5. The molecule has 1 aromatic heterocycles. The number of anilines is 2. The minimum absolute atomic E-state index is 0.0296. The lowest BCUT2D eigenvalue weighted by Gasteiger charge is -2.08. The molecule has 0 saturated heterocycles. The molecule has 1 aromatic carbocycles. The zero-order chi connectivity index (χ0) is 13.8. The van der Waals surface area contributed by atoms with Crippen molar-refractivity contribution in [1.82, 2.24) is 4.98 Å². The summed E-state index contributed by atoms with van der Waals surface area (Å²) >= 11 is 0. The summed E-state index contributed by atoms with van der Waals surface area (Å²) in [5.41, 5.74) is 7.23. The monoisotopic (exact) mass is 259 g/mol. The maximum Gasteiger partial charge on any atom is 0.230 e. The number of hydrogen-bond acceptors (Lipinski definition) is 3. The zero-order valence-corrected chi connectivity index (χ0v) is 10.5. The van der Waals surface area contributed by atoms with Crippen LogP contribution in [0.3, 0.4) is 0 Å². The van der Waals surface area contributed by atoms with Crippen molar-refractivity contribution in [3.8, 4) is 0 Å². The van der Waals surface area contributed by atoms with Crippen LogP contribution >= 0.6 is 0 Å². The first kappa shape index (κ1) is 13.0. The highest BCUT2D eigenvalue weighted by atomic mass is 19.1. The van der Waals surface area contributed by atoms with Gasteiger partial charge in [-0.3, -0.25) is 4.79 Å². The number of halogens is 1. The summed E-state index contributed by atoms with van der Waals surface area (Å²) in [6.45, 7) is 1.79. The molecule has 0 bridgehead atoms. The number of amides is 1. The van der Waals surface area contributed by atoms with Crippen LogP contribution in [0.2, 0.25) is 0 Å². The summed E-state index contributed by atoms with van der Waals surface area (Å²) in [5, 5.41) is 2.64. The molecule has 0 atom stereocenters. The summed E-state index contributed by atoms with van der Waals surface area (Å²) in [6.07, 6.45) is 1.43. The largest absolute Gasteiger partial charge is 0.397 e. The van der Waals surface area contributed by atoms with Crippen LogP contribution < -0.4 is 11.1 Å². The SMILES string of the molecule is Cc1cc(N)cnc1NC(=O)Cc1ccccc1F. The minimum Gasteiger partial charge on any atom is -0.397 e. The van der Waals surface area contributed by atoms with Crippen molar-refractivity contribution < 1.29 is 9.18 Å². The number of pyridine rings is 1. The van der Waals surface area contributed by atoms with Crippen LogP contribution in [0, 0.1) is 12.7 Å². The lowest BCUT2D eigenvalue weighted by Crippen LogP contribution is -2.17. The van der Waals surface area contributed by atoms with Gasteiger partial charge in [-0.05, 0) is 30.2 Å². The number of benzene rings is 1. The van der Waals surface area contributed by atoms with Gasteiger partial charge in [0.25, 0.3) is 0 Å². The van der Waals surface area contributed by atoms with Crippen molar-refractivity contribution in [2.45, 2.75) is 13.3 Å². The van der Waals surface area contributed by atoms with E-state index in [1.807, 2.05) is 0 Å². The van der Waals surface area contributed by atoms with E-state index >= 15 is 0 Å². The molecule has 1 heterocycles. The Labute approximate surface area is 110 Å². The second-order valence-electron chi connectivity index (χ2n) is 4.25. The van der Waals surface area contributed by atoms with Gasteiger partial charge in [0.2, 0.25) is 5.91 Å². The third-order valence-electron chi connectivity index (χ3n) is 2.67. The maximum absolute atomic E-state index is 13.4. The van der Waals surface area contributed by atoms with E-state index in [-0.39, 0.29) is 18.1 Å². The highest BCUT2D eigenvalue weighted by Crippen LogP contribution is 2.15. The third-order valence-corrected chi connectivity index (χ3v) is 2.67. The number of nitrogens with one attached hydrogen (secondary N) is 1. The molecule has 19 heavy (non-hydrogen) atoms. The molecular weight excluding hydrogens is 245 g/mol. The molecule has 0 aliphatic carbocycles. The fourth-order valence-electron chi connectivity index (χ4n) is 1.72. The van der Waals surface area contributed by atoms with E-state index in [2.05, 4.69) is 10.3 Å². The molecule has 2 rings (SSSR count). The lowest BCUT2D eigenvalue weighted by atomic mass is 10.1. The van der Waals surface area contributed by atoms with Gasteiger partial charge >= 0.3 is 0 Å². The van der Waals surface area contributed by atoms with E-state index in [0.717, 1.165) is 5.56 Å². The van der Waals surface area contributed by atoms with Crippen LogP contribution in [0.1, 0.15) is 11.1 Å². The van der Waals surface area contributed by atoms with Gasteiger partial charge < -0.3 is 11.1 Å². The molecule has 1 amide bonds. The van der Waals surface area contributed by atoms with Gasteiger partial charge in [0.05, 0.1) is 18.3 Å². The molecule has 0 radical (unpaired) electrons. The van der Waals surface area contributed by atoms with Crippen LogP contribution in [0.5, 0.6) is 0 Å². The van der Waals surface area contributed by atoms with Gasteiger partial charge in [-0.1, -0.05) is 18.2 Å². The number of aromatic nitrogens is 1. The van der Waals surface area contributed by atoms with Gasteiger partial charge in [-0.2, -0.15) is 0 Å². The van der Waals surface area contributed by atoms with Gasteiger partial charge in [-0.25, -0.2) is 9.37 Å². The number of hydrogen-bond donors (Lipinski definition) is 2. The van der Waals surface area contributed by atoms with E-state index in [4.69, 9.17) is 5.73 Å². The molecule has 2 aromatic rings. The van der Waals surface area contributed by atoms with Crippen LogP contribution in [0.4, 0.5) is 15.9 Å². The van der Waals surface area contributed by atoms with Crippen molar-refractivity contribution in [3.05, 3.63) is 53.5 Å². The van der Waals surface area contributed by atoms with E-state index in [0.29, 0.717) is 17.1 Å². The predicted octanol–water partition coefficient (Wildman–Crippen LogP) is 2.29. The number of nitrogens with zero attached hydrogens (tertiary/aromatic N) is 1. The van der Waals surface area contributed by atoms with Gasteiger partial charge in [0, 0.05) is 0 Å². The number of carbonyl (C=O) groups is 1. The number of carbonyl (C=O) groups excluding carboxylic acids is 1. The smallest absolute Gasteiger partial charge is 0.230 e. The molecular formula is C14H14FN3O. The first-order valence-electron chi connectivity index (χ1n) is 5.81. The van der Waals surface area contributed by atoms with Gasteiger partial charge in [0.15, 0.2) is 0 Å². The summed E-state index contributed by atoms with van der Waals surface area (Å²) in [7, 11) is 0. The second-order valence-corrected chi connectivity index (χ2v) is 4.25. The molecule has 98 valence electrons. The average Bonchev–Trinajstić information content (AvgIpc) is 2.36. The molecule has 0 spiro atoms. The van der Waals surface area contributed by atoms with Crippen LogP contribution in [0.15, 0.2) is 36.5 Å². The number of nitrogens with two attached hydrogens (primary N) is 1. The first-order chi connectivity index (χ1) is 9.06. The lowest BCUT2D eigenvalue weighted by molar-refractivity contribution is -0.115. The molecule has 3 N–H and O–H groups in total. The Morgan fingerprint density at radius 1 is 1.42 bits per heavy atom. The minimum atomic E-state index is -0.389. The Morgan fingerprint density at radius 2 is 2.16 bits per heavy atom. The molecule has 5 heteroatoms. The summed E-state index contributed by atoms with van der Waals surface area (Å²) in [4.78, 5) is 15.9. The Kier molecular flexibility index (Phi) is 3.75. The van der Waals surface area contributed by atoms with Crippen molar-refractivity contribution in [2.24, 2.45) is 0 Å². The van der Waals surface area contributed by atoms with E-state index in [1.54, 1.807) is 31.2 Å². The van der Waals surface area contributed by atoms with Crippen molar-refractivity contribution in [3.63, 3.8) is 0 Å². The maximum atomic E-state index is 13.4. The first-order valence-corrected chi connectivity index (χ1v) is 5.81.